The van der Waals surface area contributed by atoms with Crippen molar-refractivity contribution in [3.8, 4) is 29.3 Å². The van der Waals surface area contributed by atoms with Crippen molar-refractivity contribution in [2.24, 2.45) is 0 Å². The highest BCUT2D eigenvalue weighted by Gasteiger charge is 2.14. The van der Waals surface area contributed by atoms with Crippen molar-refractivity contribution >= 4 is 11.7 Å². The number of carbonyl (C=O) groups is 1. The molecule has 0 bridgehead atoms. The van der Waals surface area contributed by atoms with Gasteiger partial charge in [0.05, 0.1) is 12.7 Å². The normalized spacial score (nSPS) is 9.19. The van der Waals surface area contributed by atoms with Crippen LogP contribution in [0, 0.1) is 39.8 Å². The lowest BCUT2D eigenvalue weighted by Gasteiger charge is -2.09. The number of halogens is 1. The lowest BCUT2D eigenvalue weighted by atomic mass is 10.0. The Morgan fingerprint density at radius 1 is 1.04 bits per heavy atom. The van der Waals surface area contributed by atoms with Gasteiger partial charge in [-0.15, -0.1) is 0 Å². The number of benzene rings is 2. The van der Waals surface area contributed by atoms with Gasteiger partial charge < -0.3 is 10.1 Å². The van der Waals surface area contributed by atoms with Crippen LogP contribution in [-0.2, 0) is 4.74 Å². The molecule has 7 heteroatoms. The van der Waals surface area contributed by atoms with E-state index in [9.17, 15) is 9.18 Å². The smallest absolute Gasteiger partial charge is 0.340 e. The van der Waals surface area contributed by atoms with E-state index >= 15 is 0 Å². The van der Waals surface area contributed by atoms with Crippen LogP contribution >= 0.6 is 0 Å². The van der Waals surface area contributed by atoms with Gasteiger partial charge >= 0.3 is 5.97 Å². The first-order chi connectivity index (χ1) is 12.5. The molecule has 0 radical (unpaired) electrons. The molecule has 0 amide bonds. The number of allylic oxidation sites excluding steroid dienone is 2. The standard InChI is InChI=1S/C19H11FN4O2/c1-26-19(25)16-8-13(5-6-17(16)20)12-3-2-4-15(7-12)24-18(11-23)14(9-21)10-22/h2-8,24H,1H3. The Balaban J connectivity index is 2.44. The molecule has 0 fully saturated rings. The fourth-order valence-electron chi connectivity index (χ4n) is 2.18. The van der Waals surface area contributed by atoms with Crippen LogP contribution in [0.2, 0.25) is 0 Å². The van der Waals surface area contributed by atoms with Crippen LogP contribution in [-0.4, -0.2) is 13.1 Å². The van der Waals surface area contributed by atoms with Gasteiger partial charge in [-0.1, -0.05) is 18.2 Å². The fraction of sp³-hybridized carbons (Fsp3) is 0.0526. The molecule has 0 heterocycles. The lowest BCUT2D eigenvalue weighted by Crippen LogP contribution is -2.04. The first-order valence-corrected chi connectivity index (χ1v) is 7.24. The van der Waals surface area contributed by atoms with E-state index in [2.05, 4.69) is 10.1 Å². The summed E-state index contributed by atoms with van der Waals surface area (Å²) in [4.78, 5) is 11.6. The van der Waals surface area contributed by atoms with E-state index in [1.165, 1.54) is 12.1 Å². The quantitative estimate of drug-likeness (QED) is 0.670. The molecule has 0 aliphatic rings. The summed E-state index contributed by atoms with van der Waals surface area (Å²) in [5.41, 5.74) is 0.920. The fourth-order valence-corrected chi connectivity index (χ4v) is 2.18. The Labute approximate surface area is 149 Å². The highest BCUT2D eigenvalue weighted by molar-refractivity contribution is 5.91. The maximum absolute atomic E-state index is 13.8. The Morgan fingerprint density at radius 2 is 1.73 bits per heavy atom. The predicted octanol–water partition coefficient (Wildman–Crippen LogP) is 3.52. The van der Waals surface area contributed by atoms with E-state index in [0.29, 0.717) is 16.8 Å². The molecule has 0 atom stereocenters. The number of rotatable bonds is 4. The number of carbonyl (C=O) groups excluding carboxylic acids is 1. The summed E-state index contributed by atoms with van der Waals surface area (Å²) in [5, 5.41) is 29.5. The predicted molar refractivity (Wildman–Crippen MR) is 90.7 cm³/mol. The van der Waals surface area contributed by atoms with Crippen molar-refractivity contribution in [2.75, 3.05) is 12.4 Å². The van der Waals surface area contributed by atoms with E-state index in [0.717, 1.165) is 13.2 Å². The number of nitrogens with zero attached hydrogens (tertiary/aromatic N) is 3. The third-order valence-corrected chi connectivity index (χ3v) is 3.42. The molecule has 0 unspecified atom stereocenters. The topological polar surface area (TPSA) is 110 Å². The van der Waals surface area contributed by atoms with Gasteiger partial charge in [0, 0.05) is 5.69 Å². The van der Waals surface area contributed by atoms with Gasteiger partial charge in [-0.25, -0.2) is 9.18 Å². The molecule has 2 aromatic rings. The maximum Gasteiger partial charge on any atom is 0.340 e. The summed E-state index contributed by atoms with van der Waals surface area (Å²) in [6.45, 7) is 0. The summed E-state index contributed by atoms with van der Waals surface area (Å²) in [5.74, 6) is -1.49. The molecule has 0 spiro atoms. The second-order valence-corrected chi connectivity index (χ2v) is 4.98. The second kappa shape index (κ2) is 8.10. The van der Waals surface area contributed by atoms with Gasteiger partial charge in [-0.3, -0.25) is 0 Å². The molecule has 0 saturated carbocycles. The molecule has 2 aromatic carbocycles. The molecule has 0 aromatic heterocycles. The van der Waals surface area contributed by atoms with E-state index in [-0.39, 0.29) is 16.8 Å². The molecular formula is C19H11FN4O2. The van der Waals surface area contributed by atoms with E-state index in [1.54, 1.807) is 42.5 Å². The minimum absolute atomic E-state index is 0.179. The van der Waals surface area contributed by atoms with Gasteiger partial charge in [-0.2, -0.15) is 15.8 Å². The Morgan fingerprint density at radius 3 is 2.35 bits per heavy atom. The summed E-state index contributed by atoms with van der Waals surface area (Å²) >= 11 is 0. The van der Waals surface area contributed by atoms with Crippen molar-refractivity contribution < 1.29 is 13.9 Å². The highest BCUT2D eigenvalue weighted by Crippen LogP contribution is 2.26. The third-order valence-electron chi connectivity index (χ3n) is 3.42. The SMILES string of the molecule is COC(=O)c1cc(-c2cccc(NC(C#N)=C(C#N)C#N)c2)ccc1F. The molecule has 6 nitrogen and oxygen atoms in total. The van der Waals surface area contributed by atoms with E-state index in [1.807, 2.05) is 0 Å². The zero-order chi connectivity index (χ0) is 19.1. The van der Waals surface area contributed by atoms with Crippen LogP contribution in [0.3, 0.4) is 0 Å². The van der Waals surface area contributed by atoms with Crippen LogP contribution in [0.1, 0.15) is 10.4 Å². The molecule has 0 aliphatic heterocycles. The van der Waals surface area contributed by atoms with E-state index < -0.39 is 11.8 Å². The van der Waals surface area contributed by atoms with Gasteiger partial charge in [0.2, 0.25) is 0 Å². The summed E-state index contributed by atoms with van der Waals surface area (Å²) in [6.07, 6.45) is 0. The largest absolute Gasteiger partial charge is 0.465 e. The zero-order valence-electron chi connectivity index (χ0n) is 13.6. The van der Waals surface area contributed by atoms with Crippen LogP contribution in [0.4, 0.5) is 10.1 Å². The van der Waals surface area contributed by atoms with Crippen molar-refractivity contribution in [1.29, 1.82) is 15.8 Å². The minimum Gasteiger partial charge on any atom is -0.465 e. The highest BCUT2D eigenvalue weighted by atomic mass is 19.1. The van der Waals surface area contributed by atoms with Crippen LogP contribution in [0.15, 0.2) is 53.7 Å². The zero-order valence-corrected chi connectivity index (χ0v) is 13.6. The molecule has 126 valence electrons. The number of hydrogen-bond acceptors (Lipinski definition) is 6. The maximum atomic E-state index is 13.8. The van der Waals surface area contributed by atoms with Gasteiger partial charge in [0.25, 0.3) is 0 Å². The monoisotopic (exact) mass is 346 g/mol. The first-order valence-electron chi connectivity index (χ1n) is 7.24. The lowest BCUT2D eigenvalue weighted by molar-refractivity contribution is 0.0595. The van der Waals surface area contributed by atoms with Crippen LogP contribution in [0.25, 0.3) is 11.1 Å². The molecule has 26 heavy (non-hydrogen) atoms. The molecular weight excluding hydrogens is 335 g/mol. The van der Waals surface area contributed by atoms with Gasteiger partial charge in [0.15, 0.2) is 5.57 Å². The Bertz CT molecular complexity index is 1010. The van der Waals surface area contributed by atoms with E-state index in [4.69, 9.17) is 15.8 Å². The van der Waals surface area contributed by atoms with Crippen molar-refractivity contribution in [1.82, 2.24) is 0 Å². The van der Waals surface area contributed by atoms with Crippen LogP contribution < -0.4 is 5.32 Å². The number of hydrogen-bond donors (Lipinski definition) is 1. The van der Waals surface area contributed by atoms with Crippen molar-refractivity contribution in [3.05, 3.63) is 65.1 Å². The number of anilines is 1. The number of esters is 1. The van der Waals surface area contributed by atoms with Gasteiger partial charge in [-0.05, 0) is 35.4 Å². The minimum atomic E-state index is -0.791. The molecule has 0 saturated heterocycles. The average molecular weight is 346 g/mol. The summed E-state index contributed by atoms with van der Waals surface area (Å²) in [7, 11) is 1.16. The average Bonchev–Trinajstić information content (AvgIpc) is 2.68. The Kier molecular flexibility index (Phi) is 5.67. The third kappa shape index (κ3) is 3.84. The first kappa shape index (κ1) is 18.2. The van der Waals surface area contributed by atoms with Gasteiger partial charge in [0.1, 0.15) is 29.7 Å². The number of nitrogens with one attached hydrogen (secondary N) is 1. The van der Waals surface area contributed by atoms with Crippen LogP contribution in [0.5, 0.6) is 0 Å². The van der Waals surface area contributed by atoms with Crippen molar-refractivity contribution in [3.63, 3.8) is 0 Å². The number of nitriles is 3. The Hall–Kier alpha value is -4.15. The second-order valence-electron chi connectivity index (χ2n) is 4.98. The number of ether oxygens (including phenoxy) is 1. The molecule has 0 aliphatic carbocycles. The summed E-state index contributed by atoms with van der Waals surface area (Å²) < 4.78 is 18.3. The number of methoxy groups -OCH3 is 1. The molecule has 2 rings (SSSR count). The summed E-state index contributed by atoms with van der Waals surface area (Å²) in [6, 6.07) is 15.7. The van der Waals surface area contributed by atoms with Crippen molar-refractivity contribution in [2.45, 2.75) is 0 Å². The molecule has 1 N–H and O–H groups in total.